The van der Waals surface area contributed by atoms with Crippen LogP contribution < -0.4 is 0 Å². The molecule has 8 aromatic carbocycles. The molecular weight excluding hydrogens is 685 g/mol. The Kier molecular flexibility index (Phi) is 5.74. The van der Waals surface area contributed by atoms with E-state index in [2.05, 4.69) is 6.07 Å². The zero-order valence-electron chi connectivity index (χ0n) is 37.6. The SMILES string of the molecule is [2H]c1c([2H])c([2H])c2c(c1[2H])c1c([2H])c([2H])c([2H])c([2H])c1n2-c1ccc(-c2ccc3oc4ccccc4c3c2)cc1-c1nc(-c2ccccc2)nc(-c2cccc(-c3ccccc3)c2)n1. The quantitative estimate of drug-likeness (QED) is 0.171. The Bertz CT molecular complexity index is 3640. The van der Waals surface area contributed by atoms with Crippen LogP contribution in [0.3, 0.4) is 0 Å². The minimum atomic E-state index is -0.519. The molecule has 11 rings (SSSR count). The zero-order valence-corrected chi connectivity index (χ0v) is 29.6. The van der Waals surface area contributed by atoms with E-state index >= 15 is 0 Å². The highest BCUT2D eigenvalue weighted by Crippen LogP contribution is 2.39. The van der Waals surface area contributed by atoms with Gasteiger partial charge in [-0.1, -0.05) is 145 Å². The van der Waals surface area contributed by atoms with Gasteiger partial charge in [-0.25, -0.2) is 15.0 Å². The van der Waals surface area contributed by atoms with Crippen molar-refractivity contribution < 1.29 is 15.4 Å². The van der Waals surface area contributed by atoms with Gasteiger partial charge in [0.1, 0.15) is 11.2 Å². The third-order valence-electron chi connectivity index (χ3n) is 10.1. The molecule has 0 N–H and O–H groups in total. The van der Waals surface area contributed by atoms with Crippen molar-refractivity contribution in [1.82, 2.24) is 19.5 Å². The standard InChI is InChI=1S/C51H32N4O/c1-3-14-33(15-4-1)35-18-13-19-38(30-35)50-52-49(34-16-5-2-6-17-34)53-51(54-50)43-32-36(37-27-29-48-42(31-37)41-22-9-12-25-47(41)56-48)26-28-46(43)55-44-23-10-7-20-39(44)40-21-8-11-24-45(40)55/h1-32H/i7D,8D,10D,11D,20D,21D,23D,24D. The van der Waals surface area contributed by atoms with E-state index < -0.39 is 48.3 Å². The molecule has 0 bridgehead atoms. The highest BCUT2D eigenvalue weighted by atomic mass is 16.3. The van der Waals surface area contributed by atoms with Crippen LogP contribution in [0.4, 0.5) is 0 Å². The lowest BCUT2D eigenvalue weighted by Crippen LogP contribution is -2.04. The molecule has 0 aliphatic rings. The van der Waals surface area contributed by atoms with Gasteiger partial charge in [0.25, 0.3) is 0 Å². The molecule has 0 amide bonds. The molecule has 56 heavy (non-hydrogen) atoms. The molecule has 0 aliphatic heterocycles. The number of para-hydroxylation sites is 3. The van der Waals surface area contributed by atoms with E-state index in [1.54, 1.807) is 6.07 Å². The Morgan fingerprint density at radius 1 is 0.393 bits per heavy atom. The number of hydrogen-bond acceptors (Lipinski definition) is 4. The predicted octanol–water partition coefficient (Wildman–Crippen LogP) is 13.2. The Labute approximate surface area is 334 Å². The minimum absolute atomic E-state index is 0.0126. The summed E-state index contributed by atoms with van der Waals surface area (Å²) in [6.07, 6.45) is 0. The Balaban J connectivity index is 1.26. The van der Waals surface area contributed by atoms with Crippen LogP contribution in [0, 0.1) is 0 Å². The molecule has 262 valence electrons. The molecule has 5 heteroatoms. The number of benzene rings is 8. The maximum absolute atomic E-state index is 9.28. The lowest BCUT2D eigenvalue weighted by Gasteiger charge is -2.16. The number of furan rings is 1. The fourth-order valence-electron chi connectivity index (χ4n) is 7.47. The number of rotatable bonds is 6. The predicted molar refractivity (Wildman–Crippen MR) is 229 cm³/mol. The summed E-state index contributed by atoms with van der Waals surface area (Å²) in [5.74, 6) is 0.965. The summed E-state index contributed by atoms with van der Waals surface area (Å²) in [4.78, 5) is 15.3. The summed E-state index contributed by atoms with van der Waals surface area (Å²) in [7, 11) is 0. The van der Waals surface area contributed by atoms with Gasteiger partial charge in [-0.05, 0) is 70.7 Å². The molecular formula is C51H32N4O. The summed E-state index contributed by atoms with van der Waals surface area (Å²) in [6.45, 7) is 0. The van der Waals surface area contributed by atoms with Crippen LogP contribution in [-0.2, 0) is 0 Å². The van der Waals surface area contributed by atoms with Gasteiger partial charge in [0.15, 0.2) is 17.5 Å². The average molecular weight is 725 g/mol. The van der Waals surface area contributed by atoms with Crippen LogP contribution in [0.1, 0.15) is 11.0 Å². The Morgan fingerprint density at radius 2 is 0.946 bits per heavy atom. The first kappa shape index (κ1) is 24.6. The van der Waals surface area contributed by atoms with Crippen molar-refractivity contribution in [3.05, 3.63) is 194 Å². The molecule has 0 spiro atoms. The average Bonchev–Trinajstić information content (AvgIpc) is 3.91. The van der Waals surface area contributed by atoms with Crippen LogP contribution in [-0.4, -0.2) is 19.5 Å². The molecule has 0 saturated carbocycles. The second kappa shape index (κ2) is 13.0. The van der Waals surface area contributed by atoms with Gasteiger partial charge in [0, 0.05) is 38.2 Å². The van der Waals surface area contributed by atoms with Crippen molar-refractivity contribution >= 4 is 43.7 Å². The van der Waals surface area contributed by atoms with Gasteiger partial charge in [-0.3, -0.25) is 0 Å². The van der Waals surface area contributed by atoms with Gasteiger partial charge < -0.3 is 8.98 Å². The summed E-state index contributed by atoms with van der Waals surface area (Å²) >= 11 is 0. The van der Waals surface area contributed by atoms with Gasteiger partial charge in [-0.2, -0.15) is 0 Å². The Morgan fingerprint density at radius 3 is 1.71 bits per heavy atom. The third kappa shape index (κ3) is 5.37. The van der Waals surface area contributed by atoms with E-state index in [4.69, 9.17) is 27.6 Å². The molecule has 0 unspecified atom stereocenters. The van der Waals surface area contributed by atoms with Crippen molar-refractivity contribution in [2.75, 3.05) is 0 Å². The first-order valence-corrected chi connectivity index (χ1v) is 18.1. The minimum Gasteiger partial charge on any atom is -0.456 e. The van der Waals surface area contributed by atoms with Crippen LogP contribution in [0.5, 0.6) is 0 Å². The molecule has 3 aromatic heterocycles. The van der Waals surface area contributed by atoms with E-state index in [-0.39, 0.29) is 27.6 Å². The molecule has 0 atom stereocenters. The summed E-state index contributed by atoms with van der Waals surface area (Å²) in [5, 5.41) is 1.82. The van der Waals surface area contributed by atoms with E-state index in [9.17, 15) is 2.74 Å². The summed E-state index contributed by atoms with van der Waals surface area (Å²) in [5.41, 5.74) is 7.20. The fourth-order valence-corrected chi connectivity index (χ4v) is 7.47. The maximum Gasteiger partial charge on any atom is 0.166 e. The third-order valence-corrected chi connectivity index (χ3v) is 10.1. The fraction of sp³-hybridized carbons (Fsp3) is 0. The first-order valence-electron chi connectivity index (χ1n) is 22.1. The highest BCUT2D eigenvalue weighted by molar-refractivity contribution is 6.10. The van der Waals surface area contributed by atoms with Crippen LogP contribution >= 0.6 is 0 Å². The first-order chi connectivity index (χ1) is 31.1. The van der Waals surface area contributed by atoms with Crippen molar-refractivity contribution in [1.29, 1.82) is 0 Å². The normalized spacial score (nSPS) is 13.6. The van der Waals surface area contributed by atoms with Crippen LogP contribution in [0.15, 0.2) is 198 Å². The summed E-state index contributed by atoms with van der Waals surface area (Å²) in [6, 6.07) is 43.0. The Hall–Kier alpha value is -7.63. The maximum atomic E-state index is 9.28. The van der Waals surface area contributed by atoms with E-state index in [0.717, 1.165) is 55.3 Å². The molecule has 11 aromatic rings. The van der Waals surface area contributed by atoms with Crippen LogP contribution in [0.25, 0.3) is 106 Å². The zero-order chi connectivity index (χ0) is 44.0. The molecule has 0 saturated heterocycles. The second-order valence-electron chi connectivity index (χ2n) is 13.4. The van der Waals surface area contributed by atoms with Gasteiger partial charge >= 0.3 is 0 Å². The number of hydrogen-bond donors (Lipinski definition) is 0. The molecule has 0 radical (unpaired) electrons. The number of nitrogens with zero attached hydrogens (tertiary/aromatic N) is 4. The van der Waals surface area contributed by atoms with Crippen molar-refractivity contribution in [2.24, 2.45) is 0 Å². The topological polar surface area (TPSA) is 56.7 Å². The summed E-state index contributed by atoms with van der Waals surface area (Å²) < 4.78 is 79.2. The second-order valence-corrected chi connectivity index (χ2v) is 13.4. The van der Waals surface area contributed by atoms with Crippen LogP contribution in [0.2, 0.25) is 0 Å². The van der Waals surface area contributed by atoms with Crippen molar-refractivity contribution in [3.63, 3.8) is 0 Å². The van der Waals surface area contributed by atoms with Gasteiger partial charge in [0.05, 0.1) is 27.7 Å². The molecule has 0 fully saturated rings. The van der Waals surface area contributed by atoms with E-state index in [1.807, 2.05) is 133 Å². The lowest BCUT2D eigenvalue weighted by atomic mass is 9.99. The van der Waals surface area contributed by atoms with E-state index in [0.29, 0.717) is 22.9 Å². The molecule has 5 nitrogen and oxygen atoms in total. The molecule has 3 heterocycles. The van der Waals surface area contributed by atoms with Crippen molar-refractivity contribution in [2.45, 2.75) is 0 Å². The number of aromatic nitrogens is 4. The highest BCUT2D eigenvalue weighted by Gasteiger charge is 2.21. The van der Waals surface area contributed by atoms with Crippen molar-refractivity contribution in [3.8, 4) is 62.1 Å². The monoisotopic (exact) mass is 724 g/mol. The van der Waals surface area contributed by atoms with E-state index in [1.165, 1.54) is 4.57 Å². The molecule has 0 aliphatic carbocycles. The van der Waals surface area contributed by atoms with Gasteiger partial charge in [-0.15, -0.1) is 0 Å². The number of fused-ring (bicyclic) bond motifs is 6. The smallest absolute Gasteiger partial charge is 0.166 e. The van der Waals surface area contributed by atoms with Gasteiger partial charge in [0.2, 0.25) is 0 Å². The largest absolute Gasteiger partial charge is 0.456 e. The lowest BCUT2D eigenvalue weighted by molar-refractivity contribution is 0.669.